The smallest absolute Gasteiger partial charge is 0.271 e. The van der Waals surface area contributed by atoms with Gasteiger partial charge in [0.25, 0.3) is 5.91 Å². The van der Waals surface area contributed by atoms with Gasteiger partial charge in [-0.3, -0.25) is 9.69 Å². The Labute approximate surface area is 169 Å². The van der Waals surface area contributed by atoms with Gasteiger partial charge in [-0.15, -0.1) is 11.3 Å². The van der Waals surface area contributed by atoms with Crippen molar-refractivity contribution < 1.29 is 4.79 Å². The van der Waals surface area contributed by atoms with Gasteiger partial charge in [0.15, 0.2) is 5.13 Å². The molecule has 0 saturated heterocycles. The Balaban J connectivity index is 1.60. The molecule has 7 heteroatoms. The predicted molar refractivity (Wildman–Crippen MR) is 114 cm³/mol. The lowest BCUT2D eigenvalue weighted by molar-refractivity contribution is 0.0946. The molecule has 1 amide bonds. The summed E-state index contributed by atoms with van der Waals surface area (Å²) in [4.78, 5) is 23.3. The van der Waals surface area contributed by atoms with Gasteiger partial charge in [0.2, 0.25) is 0 Å². The van der Waals surface area contributed by atoms with Gasteiger partial charge in [-0.1, -0.05) is 30.3 Å². The van der Waals surface area contributed by atoms with Crippen LogP contribution in [0.15, 0.2) is 54.0 Å². The summed E-state index contributed by atoms with van der Waals surface area (Å²) in [5, 5.41) is 8.47. The second-order valence-corrected chi connectivity index (χ2v) is 7.70. The highest BCUT2D eigenvalue weighted by Gasteiger charge is 2.13. The summed E-state index contributed by atoms with van der Waals surface area (Å²) >= 11 is 1.38. The van der Waals surface area contributed by atoms with E-state index in [2.05, 4.69) is 58.5 Å². The molecule has 0 bridgehead atoms. The summed E-state index contributed by atoms with van der Waals surface area (Å²) in [7, 11) is 2.10. The van der Waals surface area contributed by atoms with E-state index in [1.54, 1.807) is 11.6 Å². The monoisotopic (exact) mass is 395 g/mol. The number of nitrogens with zero attached hydrogens (tertiary/aromatic N) is 3. The first-order valence-electron chi connectivity index (χ1n) is 9.21. The number of hydrogen-bond acceptors (Lipinski definition) is 6. The molecule has 0 aliphatic rings. The number of rotatable bonds is 8. The van der Waals surface area contributed by atoms with Crippen LogP contribution >= 0.6 is 11.3 Å². The van der Waals surface area contributed by atoms with Crippen LogP contribution in [0.3, 0.4) is 0 Å². The van der Waals surface area contributed by atoms with Gasteiger partial charge in [-0.25, -0.2) is 9.97 Å². The highest BCUT2D eigenvalue weighted by Crippen LogP contribution is 2.19. The number of carbonyl (C=O) groups is 1. The van der Waals surface area contributed by atoms with E-state index in [4.69, 9.17) is 0 Å². The fraction of sp³-hybridized carbons (Fsp3) is 0.286. The first-order chi connectivity index (χ1) is 13.5. The molecule has 28 heavy (non-hydrogen) atoms. The van der Waals surface area contributed by atoms with Gasteiger partial charge in [0.05, 0.1) is 0 Å². The molecule has 0 saturated carbocycles. The molecule has 2 N–H and O–H groups in total. The molecule has 0 radical (unpaired) electrons. The second kappa shape index (κ2) is 9.43. The zero-order valence-electron chi connectivity index (χ0n) is 16.3. The number of amides is 1. The average Bonchev–Trinajstić information content (AvgIpc) is 3.16. The molecule has 2 aromatic heterocycles. The van der Waals surface area contributed by atoms with Crippen molar-refractivity contribution >= 4 is 28.2 Å². The normalized spacial score (nSPS) is 11.0. The van der Waals surface area contributed by atoms with E-state index in [1.807, 2.05) is 30.3 Å². The van der Waals surface area contributed by atoms with E-state index >= 15 is 0 Å². The molecular formula is C21H25N5OS. The molecular weight excluding hydrogens is 370 g/mol. The van der Waals surface area contributed by atoms with E-state index in [0.29, 0.717) is 29.2 Å². The van der Waals surface area contributed by atoms with E-state index < -0.39 is 0 Å². The van der Waals surface area contributed by atoms with Gasteiger partial charge in [-0.2, -0.15) is 0 Å². The van der Waals surface area contributed by atoms with Crippen molar-refractivity contribution in [2.75, 3.05) is 12.4 Å². The van der Waals surface area contributed by atoms with Gasteiger partial charge < -0.3 is 10.6 Å². The Hall–Kier alpha value is -2.77. The summed E-state index contributed by atoms with van der Waals surface area (Å²) in [5.74, 6) is 0.518. The van der Waals surface area contributed by atoms with Crippen LogP contribution in [-0.2, 0) is 13.1 Å². The number of hydrogen-bond donors (Lipinski definition) is 2. The number of aromatic nitrogens is 2. The number of pyridine rings is 1. The van der Waals surface area contributed by atoms with Crippen molar-refractivity contribution in [2.45, 2.75) is 33.0 Å². The summed E-state index contributed by atoms with van der Waals surface area (Å²) < 4.78 is 0. The SMILES string of the molecule is CC(C)N(C)Cc1ccccc1CNC(=O)c1csc(Nc2ccccn2)n1. The molecule has 0 aliphatic carbocycles. The highest BCUT2D eigenvalue weighted by molar-refractivity contribution is 7.14. The van der Waals surface area contributed by atoms with E-state index in [-0.39, 0.29) is 5.91 Å². The third-order valence-electron chi connectivity index (χ3n) is 4.50. The average molecular weight is 396 g/mol. The van der Waals surface area contributed by atoms with E-state index in [1.165, 1.54) is 16.9 Å². The fourth-order valence-electron chi connectivity index (χ4n) is 2.58. The lowest BCUT2D eigenvalue weighted by Crippen LogP contribution is -2.27. The maximum absolute atomic E-state index is 12.5. The van der Waals surface area contributed by atoms with Crippen LogP contribution in [0.2, 0.25) is 0 Å². The van der Waals surface area contributed by atoms with Crippen LogP contribution < -0.4 is 10.6 Å². The minimum atomic E-state index is -0.183. The fourth-order valence-corrected chi connectivity index (χ4v) is 3.28. The van der Waals surface area contributed by atoms with Crippen molar-refractivity contribution in [3.05, 3.63) is 70.9 Å². The number of nitrogens with one attached hydrogen (secondary N) is 2. The van der Waals surface area contributed by atoms with Crippen LogP contribution in [0.4, 0.5) is 10.9 Å². The van der Waals surface area contributed by atoms with Crippen molar-refractivity contribution in [3.63, 3.8) is 0 Å². The molecule has 146 valence electrons. The van der Waals surface area contributed by atoms with Crippen LogP contribution in [0.25, 0.3) is 0 Å². The molecule has 0 fully saturated rings. The number of carbonyl (C=O) groups excluding carboxylic acids is 1. The first-order valence-corrected chi connectivity index (χ1v) is 10.1. The Morgan fingerprint density at radius 3 is 2.61 bits per heavy atom. The number of benzene rings is 1. The number of thiazole rings is 1. The molecule has 0 atom stereocenters. The summed E-state index contributed by atoms with van der Waals surface area (Å²) in [6.07, 6.45) is 1.71. The molecule has 6 nitrogen and oxygen atoms in total. The van der Waals surface area contributed by atoms with Crippen LogP contribution in [-0.4, -0.2) is 33.9 Å². The quantitative estimate of drug-likeness (QED) is 0.602. The van der Waals surface area contributed by atoms with Crippen LogP contribution in [0, 0.1) is 0 Å². The second-order valence-electron chi connectivity index (χ2n) is 6.84. The van der Waals surface area contributed by atoms with Gasteiger partial charge >= 0.3 is 0 Å². The minimum Gasteiger partial charge on any atom is -0.347 e. The van der Waals surface area contributed by atoms with Crippen molar-refractivity contribution in [2.24, 2.45) is 0 Å². The van der Waals surface area contributed by atoms with Crippen molar-refractivity contribution in [1.29, 1.82) is 0 Å². The van der Waals surface area contributed by atoms with Crippen LogP contribution in [0.1, 0.15) is 35.5 Å². The lowest BCUT2D eigenvalue weighted by Gasteiger charge is -2.22. The standard InChI is InChI=1S/C21H25N5OS/c1-15(2)26(3)13-17-9-5-4-8-16(17)12-23-20(27)18-14-28-21(24-18)25-19-10-6-7-11-22-19/h4-11,14-15H,12-13H2,1-3H3,(H,23,27)(H,22,24,25). The Kier molecular flexibility index (Phi) is 6.73. The maximum atomic E-state index is 12.5. The molecule has 0 unspecified atom stereocenters. The summed E-state index contributed by atoms with van der Waals surface area (Å²) in [5.41, 5.74) is 2.74. The summed E-state index contributed by atoms with van der Waals surface area (Å²) in [6, 6.07) is 14.3. The lowest BCUT2D eigenvalue weighted by atomic mass is 10.1. The topological polar surface area (TPSA) is 70.2 Å². The zero-order valence-corrected chi connectivity index (χ0v) is 17.2. The Bertz CT molecular complexity index is 910. The molecule has 3 aromatic rings. The summed E-state index contributed by atoms with van der Waals surface area (Å²) in [6.45, 7) is 5.66. The Morgan fingerprint density at radius 1 is 1.14 bits per heavy atom. The molecule has 0 spiro atoms. The predicted octanol–water partition coefficient (Wildman–Crippen LogP) is 4.05. The van der Waals surface area contributed by atoms with Gasteiger partial charge in [0.1, 0.15) is 11.5 Å². The molecule has 1 aromatic carbocycles. The molecule has 2 heterocycles. The minimum absolute atomic E-state index is 0.183. The largest absolute Gasteiger partial charge is 0.347 e. The third-order valence-corrected chi connectivity index (χ3v) is 5.25. The zero-order chi connectivity index (χ0) is 19.9. The molecule has 0 aliphatic heterocycles. The van der Waals surface area contributed by atoms with Crippen molar-refractivity contribution in [1.82, 2.24) is 20.2 Å². The first kappa shape index (κ1) is 20.0. The van der Waals surface area contributed by atoms with Gasteiger partial charge in [0, 0.05) is 30.7 Å². The number of anilines is 2. The van der Waals surface area contributed by atoms with E-state index in [9.17, 15) is 4.79 Å². The maximum Gasteiger partial charge on any atom is 0.271 e. The molecule has 3 rings (SSSR count). The van der Waals surface area contributed by atoms with Gasteiger partial charge in [-0.05, 0) is 44.2 Å². The van der Waals surface area contributed by atoms with Crippen molar-refractivity contribution in [3.8, 4) is 0 Å². The third kappa shape index (κ3) is 5.37. The Morgan fingerprint density at radius 2 is 1.89 bits per heavy atom. The van der Waals surface area contributed by atoms with Crippen LogP contribution in [0.5, 0.6) is 0 Å². The highest BCUT2D eigenvalue weighted by atomic mass is 32.1. The van der Waals surface area contributed by atoms with E-state index in [0.717, 1.165) is 12.1 Å².